The van der Waals surface area contributed by atoms with Gasteiger partial charge in [0.2, 0.25) is 0 Å². The minimum atomic E-state index is 0.217. The molecule has 14 heavy (non-hydrogen) atoms. The summed E-state index contributed by atoms with van der Waals surface area (Å²) in [6.07, 6.45) is 0.589. The van der Waals surface area contributed by atoms with Gasteiger partial charge in [0.1, 0.15) is 0 Å². The Labute approximate surface area is 83.3 Å². The maximum absolute atomic E-state index is 11.5. The number of nitrogens with one attached hydrogen (secondary N) is 1. The van der Waals surface area contributed by atoms with Crippen LogP contribution in [-0.4, -0.2) is 12.3 Å². The molecule has 0 spiro atoms. The molecule has 0 atom stereocenters. The lowest BCUT2D eigenvalue weighted by molar-refractivity contribution is 0.0984. The van der Waals surface area contributed by atoms with Crippen LogP contribution in [0.5, 0.6) is 0 Å². The van der Waals surface area contributed by atoms with Gasteiger partial charge in [-0.1, -0.05) is 5.92 Å². The van der Waals surface area contributed by atoms with Gasteiger partial charge in [-0.25, -0.2) is 0 Å². The van der Waals surface area contributed by atoms with Gasteiger partial charge in [0, 0.05) is 29.8 Å². The molecule has 2 heteroatoms. The van der Waals surface area contributed by atoms with Gasteiger partial charge in [0.05, 0.1) is 0 Å². The minimum absolute atomic E-state index is 0.217. The number of hydrogen-bond acceptors (Lipinski definition) is 2. The van der Waals surface area contributed by atoms with E-state index < -0.39 is 0 Å². The Morgan fingerprint density at radius 2 is 2.29 bits per heavy atom. The maximum atomic E-state index is 11.5. The molecular weight excluding hydrogens is 174 g/mol. The molecule has 0 amide bonds. The molecule has 2 nitrogen and oxygen atoms in total. The fraction of sp³-hybridized carbons (Fsp3) is 0.250. The van der Waals surface area contributed by atoms with E-state index in [0.717, 1.165) is 23.4 Å². The van der Waals surface area contributed by atoms with Gasteiger partial charge in [0.25, 0.3) is 0 Å². The predicted octanol–water partition coefficient (Wildman–Crippen LogP) is 2.06. The van der Waals surface area contributed by atoms with E-state index in [9.17, 15) is 4.79 Å². The van der Waals surface area contributed by atoms with E-state index in [2.05, 4.69) is 17.2 Å². The summed E-state index contributed by atoms with van der Waals surface area (Å²) >= 11 is 0. The third-order valence-corrected chi connectivity index (χ3v) is 2.26. The van der Waals surface area contributed by atoms with Crippen LogP contribution in [0, 0.1) is 11.8 Å². The molecule has 1 aliphatic heterocycles. The molecule has 1 heterocycles. The summed E-state index contributed by atoms with van der Waals surface area (Å²) in [5.74, 6) is 6.03. The van der Waals surface area contributed by atoms with Crippen LogP contribution in [0.2, 0.25) is 0 Å². The molecule has 1 aliphatic rings. The van der Waals surface area contributed by atoms with E-state index in [1.807, 2.05) is 18.2 Å². The highest BCUT2D eigenvalue weighted by molar-refractivity contribution is 6.03. The first-order valence-electron chi connectivity index (χ1n) is 4.65. The first-order valence-corrected chi connectivity index (χ1v) is 4.65. The normalized spacial score (nSPS) is 13.6. The van der Waals surface area contributed by atoms with Gasteiger partial charge in [-0.15, -0.1) is 5.92 Å². The Bertz CT molecular complexity index is 437. The molecule has 0 bridgehead atoms. The van der Waals surface area contributed by atoms with Crippen LogP contribution >= 0.6 is 0 Å². The first-order chi connectivity index (χ1) is 6.81. The van der Waals surface area contributed by atoms with Gasteiger partial charge >= 0.3 is 0 Å². The van der Waals surface area contributed by atoms with Gasteiger partial charge in [-0.05, 0) is 25.1 Å². The molecule has 1 aromatic carbocycles. The Morgan fingerprint density at radius 3 is 3.07 bits per heavy atom. The van der Waals surface area contributed by atoms with Crippen molar-refractivity contribution in [1.82, 2.24) is 0 Å². The average molecular weight is 185 g/mol. The van der Waals surface area contributed by atoms with E-state index in [0.29, 0.717) is 6.42 Å². The number of rotatable bonds is 0. The second-order valence-corrected chi connectivity index (χ2v) is 3.24. The van der Waals surface area contributed by atoms with Gasteiger partial charge in [-0.2, -0.15) is 0 Å². The molecule has 0 aromatic heterocycles. The van der Waals surface area contributed by atoms with E-state index >= 15 is 0 Å². The number of carbonyl (C=O) groups is 1. The Hall–Kier alpha value is -1.75. The predicted molar refractivity (Wildman–Crippen MR) is 56.4 cm³/mol. The van der Waals surface area contributed by atoms with Crippen LogP contribution in [-0.2, 0) is 0 Å². The average Bonchev–Trinajstić information content (AvgIpc) is 2.18. The summed E-state index contributed by atoms with van der Waals surface area (Å²) < 4.78 is 0. The number of ketones is 1. The van der Waals surface area contributed by atoms with Gasteiger partial charge < -0.3 is 5.32 Å². The van der Waals surface area contributed by atoms with Crippen LogP contribution in [0.3, 0.4) is 0 Å². The highest BCUT2D eigenvalue weighted by atomic mass is 16.1. The summed E-state index contributed by atoms with van der Waals surface area (Å²) in [4.78, 5) is 11.5. The fourth-order valence-electron chi connectivity index (χ4n) is 1.60. The highest BCUT2D eigenvalue weighted by Gasteiger charge is 2.15. The topological polar surface area (TPSA) is 29.1 Å². The van der Waals surface area contributed by atoms with Crippen molar-refractivity contribution in [3.63, 3.8) is 0 Å². The van der Waals surface area contributed by atoms with Crippen molar-refractivity contribution in [2.24, 2.45) is 0 Å². The first kappa shape index (κ1) is 8.83. The lowest BCUT2D eigenvalue weighted by atomic mass is 10.0. The number of benzene rings is 1. The lowest BCUT2D eigenvalue weighted by Gasteiger charge is -2.16. The van der Waals surface area contributed by atoms with Gasteiger partial charge in [0.15, 0.2) is 5.78 Å². The maximum Gasteiger partial charge on any atom is 0.166 e. The molecule has 0 aliphatic carbocycles. The Morgan fingerprint density at radius 1 is 1.43 bits per heavy atom. The van der Waals surface area contributed by atoms with Crippen LogP contribution < -0.4 is 5.32 Å². The summed E-state index contributed by atoms with van der Waals surface area (Å²) in [7, 11) is 0. The Balaban J connectivity index is 2.47. The molecular formula is C12H11NO. The van der Waals surface area contributed by atoms with E-state index in [1.54, 1.807) is 6.92 Å². The number of hydrogen-bond donors (Lipinski definition) is 1. The van der Waals surface area contributed by atoms with Crippen molar-refractivity contribution in [1.29, 1.82) is 0 Å². The molecule has 0 radical (unpaired) electrons. The third-order valence-electron chi connectivity index (χ3n) is 2.26. The Kier molecular flexibility index (Phi) is 2.24. The summed E-state index contributed by atoms with van der Waals surface area (Å²) in [5, 5.41) is 3.20. The molecule has 0 fully saturated rings. The summed E-state index contributed by atoms with van der Waals surface area (Å²) in [5.41, 5.74) is 2.66. The molecule has 0 saturated carbocycles. The molecule has 1 aromatic rings. The largest absolute Gasteiger partial charge is 0.384 e. The zero-order chi connectivity index (χ0) is 9.97. The standard InChI is InChI=1S/C12H11NO/c1-2-3-9-4-5-10-11(8-9)13-7-6-12(10)14/h4-5,8,13H,6-7H2,1H3. The molecule has 0 unspecified atom stereocenters. The van der Waals surface area contributed by atoms with Crippen LogP contribution in [0.4, 0.5) is 5.69 Å². The molecule has 0 saturated heterocycles. The van der Waals surface area contributed by atoms with Crippen molar-refractivity contribution < 1.29 is 4.79 Å². The van der Waals surface area contributed by atoms with Crippen LogP contribution in [0.25, 0.3) is 0 Å². The SMILES string of the molecule is CC#Cc1ccc2c(c1)NCCC2=O. The van der Waals surface area contributed by atoms with Crippen molar-refractivity contribution in [3.05, 3.63) is 29.3 Å². The molecule has 1 N–H and O–H groups in total. The van der Waals surface area contributed by atoms with Crippen molar-refractivity contribution in [3.8, 4) is 11.8 Å². The van der Waals surface area contributed by atoms with Crippen LogP contribution in [0.1, 0.15) is 29.3 Å². The third kappa shape index (κ3) is 1.49. The quantitative estimate of drug-likeness (QED) is 0.627. The van der Waals surface area contributed by atoms with Crippen molar-refractivity contribution >= 4 is 11.5 Å². The summed E-state index contributed by atoms with van der Waals surface area (Å²) in [6.45, 7) is 2.53. The van der Waals surface area contributed by atoms with E-state index in [1.165, 1.54) is 0 Å². The second-order valence-electron chi connectivity index (χ2n) is 3.24. The highest BCUT2D eigenvalue weighted by Crippen LogP contribution is 2.22. The molecule has 2 rings (SSSR count). The number of anilines is 1. The smallest absolute Gasteiger partial charge is 0.166 e. The van der Waals surface area contributed by atoms with Gasteiger partial charge in [-0.3, -0.25) is 4.79 Å². The lowest BCUT2D eigenvalue weighted by Crippen LogP contribution is -2.17. The van der Waals surface area contributed by atoms with E-state index in [-0.39, 0.29) is 5.78 Å². The summed E-state index contributed by atoms with van der Waals surface area (Å²) in [6, 6.07) is 5.67. The minimum Gasteiger partial charge on any atom is -0.384 e. The number of carbonyl (C=O) groups excluding carboxylic acids is 1. The van der Waals surface area contributed by atoms with Crippen LogP contribution in [0.15, 0.2) is 18.2 Å². The zero-order valence-corrected chi connectivity index (χ0v) is 8.05. The number of Topliss-reactive ketones (excluding diaryl/α,β-unsaturated/α-hetero) is 1. The second kappa shape index (κ2) is 3.55. The van der Waals surface area contributed by atoms with Crippen molar-refractivity contribution in [2.75, 3.05) is 11.9 Å². The fourth-order valence-corrected chi connectivity index (χ4v) is 1.60. The monoisotopic (exact) mass is 185 g/mol. The number of fused-ring (bicyclic) bond motifs is 1. The zero-order valence-electron chi connectivity index (χ0n) is 8.05. The van der Waals surface area contributed by atoms with E-state index in [4.69, 9.17) is 0 Å². The molecule has 70 valence electrons. The van der Waals surface area contributed by atoms with Crippen molar-refractivity contribution in [2.45, 2.75) is 13.3 Å².